The third-order valence-corrected chi connectivity index (χ3v) is 4.38. The number of para-hydroxylation sites is 1. The average molecular weight is 310 g/mol. The molecule has 2 atom stereocenters. The van der Waals surface area contributed by atoms with E-state index >= 15 is 0 Å². The van der Waals surface area contributed by atoms with Crippen LogP contribution in [0.15, 0.2) is 54.9 Å². The highest BCUT2D eigenvalue weighted by Crippen LogP contribution is 2.25. The molecule has 2 aromatic rings. The van der Waals surface area contributed by atoms with Gasteiger partial charge in [0.15, 0.2) is 0 Å². The molecule has 0 spiro atoms. The summed E-state index contributed by atoms with van der Waals surface area (Å²) in [6.45, 7) is 2.73. The lowest BCUT2D eigenvalue weighted by molar-refractivity contribution is -0.144. The fourth-order valence-electron chi connectivity index (χ4n) is 2.83. The Bertz CT molecular complexity index is 676. The van der Waals surface area contributed by atoms with Crippen molar-refractivity contribution in [2.75, 3.05) is 6.61 Å². The maximum Gasteiger partial charge on any atom is 0.310 e. The molecule has 4 heteroatoms. The number of esters is 1. The van der Waals surface area contributed by atoms with Crippen LogP contribution >= 0.6 is 0 Å². The predicted molar refractivity (Wildman–Crippen MR) is 89.3 cm³/mol. The number of hydrogen-bond donors (Lipinski definition) is 0. The predicted octanol–water partition coefficient (Wildman–Crippen LogP) is 3.56. The van der Waals surface area contributed by atoms with Gasteiger partial charge in [-0.05, 0) is 36.8 Å². The molecular weight excluding hydrogens is 288 g/mol. The van der Waals surface area contributed by atoms with E-state index in [1.807, 2.05) is 36.5 Å². The Hall–Kier alpha value is -2.36. The van der Waals surface area contributed by atoms with E-state index in [-0.39, 0.29) is 12.4 Å². The van der Waals surface area contributed by atoms with Crippen molar-refractivity contribution in [2.24, 2.45) is 11.8 Å². The number of benzene rings is 1. The van der Waals surface area contributed by atoms with Gasteiger partial charge in [0.2, 0.25) is 0 Å². The smallest absolute Gasteiger partial charge is 0.310 e. The zero-order chi connectivity index (χ0) is 16.1. The van der Waals surface area contributed by atoms with Gasteiger partial charge in [0.1, 0.15) is 0 Å². The highest BCUT2D eigenvalue weighted by molar-refractivity contribution is 5.72. The van der Waals surface area contributed by atoms with Crippen molar-refractivity contribution in [3.05, 3.63) is 60.4 Å². The Kier molecular flexibility index (Phi) is 4.91. The molecular formula is C19H22N2O2. The maximum atomic E-state index is 12.0. The van der Waals surface area contributed by atoms with Gasteiger partial charge in [-0.2, -0.15) is 5.10 Å². The Morgan fingerprint density at radius 3 is 2.83 bits per heavy atom. The van der Waals surface area contributed by atoms with Crippen LogP contribution < -0.4 is 0 Å². The van der Waals surface area contributed by atoms with E-state index in [0.717, 1.165) is 24.1 Å². The molecule has 0 bridgehead atoms. The quantitative estimate of drug-likeness (QED) is 0.626. The minimum atomic E-state index is -0.181. The van der Waals surface area contributed by atoms with Gasteiger partial charge >= 0.3 is 5.97 Å². The Morgan fingerprint density at radius 1 is 1.26 bits per heavy atom. The fourth-order valence-corrected chi connectivity index (χ4v) is 2.83. The Labute approximate surface area is 136 Å². The number of carbonyl (C=O) groups excluding carboxylic acids is 1. The highest BCUT2D eigenvalue weighted by atomic mass is 16.5. The van der Waals surface area contributed by atoms with Gasteiger partial charge in [0.25, 0.3) is 0 Å². The SMILES string of the molecule is CC1CC=CCC1COC(=O)Cc1cnn(-c2ccccc2)c1. The fraction of sp³-hybridized carbons (Fsp3) is 0.368. The molecule has 4 nitrogen and oxygen atoms in total. The van der Waals surface area contributed by atoms with Crippen LogP contribution in [0.5, 0.6) is 0 Å². The molecule has 0 amide bonds. The topological polar surface area (TPSA) is 44.1 Å². The third kappa shape index (κ3) is 4.09. The first-order valence-corrected chi connectivity index (χ1v) is 8.12. The molecule has 0 fully saturated rings. The molecule has 1 heterocycles. The standard InChI is InChI=1S/C19H22N2O2/c1-15-7-5-6-8-17(15)14-23-19(22)11-16-12-20-21(13-16)18-9-3-2-4-10-18/h2-6,9-10,12-13,15,17H,7-8,11,14H2,1H3. The van der Waals surface area contributed by atoms with Crippen LogP contribution in [-0.4, -0.2) is 22.4 Å². The highest BCUT2D eigenvalue weighted by Gasteiger charge is 2.20. The second-order valence-electron chi connectivity index (χ2n) is 6.17. The minimum Gasteiger partial charge on any atom is -0.465 e. The van der Waals surface area contributed by atoms with Crippen molar-refractivity contribution >= 4 is 5.97 Å². The number of carbonyl (C=O) groups is 1. The molecule has 0 saturated carbocycles. The molecule has 1 aliphatic carbocycles. The summed E-state index contributed by atoms with van der Waals surface area (Å²) >= 11 is 0. The molecule has 120 valence electrons. The maximum absolute atomic E-state index is 12.0. The van der Waals surface area contributed by atoms with Crippen LogP contribution in [0.25, 0.3) is 5.69 Å². The monoisotopic (exact) mass is 310 g/mol. The summed E-state index contributed by atoms with van der Waals surface area (Å²) in [6.07, 6.45) is 10.3. The van der Waals surface area contributed by atoms with Crippen molar-refractivity contribution < 1.29 is 9.53 Å². The summed E-state index contributed by atoms with van der Waals surface area (Å²) in [5, 5.41) is 4.30. The summed E-state index contributed by atoms with van der Waals surface area (Å²) in [5.41, 5.74) is 1.85. The van der Waals surface area contributed by atoms with Crippen molar-refractivity contribution in [1.29, 1.82) is 0 Å². The normalized spacial score (nSPS) is 20.4. The van der Waals surface area contributed by atoms with Gasteiger partial charge in [-0.15, -0.1) is 0 Å². The molecule has 1 aromatic heterocycles. The van der Waals surface area contributed by atoms with E-state index in [0.29, 0.717) is 18.4 Å². The van der Waals surface area contributed by atoms with Crippen LogP contribution in [0.2, 0.25) is 0 Å². The van der Waals surface area contributed by atoms with Gasteiger partial charge in [-0.25, -0.2) is 4.68 Å². The van der Waals surface area contributed by atoms with E-state index in [1.54, 1.807) is 10.9 Å². The first-order chi connectivity index (χ1) is 11.2. The molecule has 1 aromatic carbocycles. The molecule has 2 unspecified atom stereocenters. The lowest BCUT2D eigenvalue weighted by Crippen LogP contribution is -2.22. The van der Waals surface area contributed by atoms with Gasteiger partial charge in [0, 0.05) is 11.8 Å². The van der Waals surface area contributed by atoms with Crippen LogP contribution in [0, 0.1) is 11.8 Å². The lowest BCUT2D eigenvalue weighted by Gasteiger charge is -2.24. The summed E-state index contributed by atoms with van der Waals surface area (Å²) in [7, 11) is 0. The van der Waals surface area contributed by atoms with E-state index in [4.69, 9.17) is 4.74 Å². The zero-order valence-electron chi connectivity index (χ0n) is 13.4. The Morgan fingerprint density at radius 2 is 2.04 bits per heavy atom. The van der Waals surface area contributed by atoms with Gasteiger partial charge < -0.3 is 4.74 Å². The molecule has 0 radical (unpaired) electrons. The van der Waals surface area contributed by atoms with Crippen LogP contribution in [-0.2, 0) is 16.0 Å². The Balaban J connectivity index is 1.52. The van der Waals surface area contributed by atoms with Crippen molar-refractivity contribution in [2.45, 2.75) is 26.2 Å². The van der Waals surface area contributed by atoms with Gasteiger partial charge in [0.05, 0.1) is 24.9 Å². The zero-order valence-corrected chi connectivity index (χ0v) is 13.4. The summed E-state index contributed by atoms with van der Waals surface area (Å²) in [4.78, 5) is 12.0. The van der Waals surface area contributed by atoms with Crippen molar-refractivity contribution in [3.8, 4) is 5.69 Å². The number of nitrogens with zero attached hydrogens (tertiary/aromatic N) is 2. The van der Waals surface area contributed by atoms with Gasteiger partial charge in [-0.3, -0.25) is 4.79 Å². The van der Waals surface area contributed by atoms with Crippen LogP contribution in [0.4, 0.5) is 0 Å². The summed E-state index contributed by atoms with van der Waals surface area (Å²) < 4.78 is 7.24. The molecule has 1 aliphatic rings. The van der Waals surface area contributed by atoms with Crippen molar-refractivity contribution in [3.63, 3.8) is 0 Å². The number of hydrogen-bond acceptors (Lipinski definition) is 3. The number of ether oxygens (including phenoxy) is 1. The van der Waals surface area contributed by atoms with E-state index in [1.165, 1.54) is 0 Å². The number of aromatic nitrogens is 2. The second kappa shape index (κ2) is 7.27. The molecule has 23 heavy (non-hydrogen) atoms. The van der Waals surface area contributed by atoms with E-state index in [2.05, 4.69) is 24.2 Å². The second-order valence-corrected chi connectivity index (χ2v) is 6.17. The largest absolute Gasteiger partial charge is 0.465 e. The van der Waals surface area contributed by atoms with Crippen LogP contribution in [0.1, 0.15) is 25.3 Å². The first-order valence-electron chi connectivity index (χ1n) is 8.12. The number of rotatable bonds is 5. The third-order valence-electron chi connectivity index (χ3n) is 4.38. The lowest BCUT2D eigenvalue weighted by atomic mass is 9.85. The summed E-state index contributed by atoms with van der Waals surface area (Å²) in [6, 6.07) is 9.85. The molecule has 0 saturated heterocycles. The average Bonchev–Trinajstić information content (AvgIpc) is 3.03. The van der Waals surface area contributed by atoms with E-state index in [9.17, 15) is 4.79 Å². The van der Waals surface area contributed by atoms with Gasteiger partial charge in [-0.1, -0.05) is 37.3 Å². The summed E-state index contributed by atoms with van der Waals surface area (Å²) in [5.74, 6) is 0.837. The first kappa shape index (κ1) is 15.5. The molecule has 3 rings (SSSR count). The van der Waals surface area contributed by atoms with E-state index < -0.39 is 0 Å². The minimum absolute atomic E-state index is 0.181. The number of allylic oxidation sites excluding steroid dienone is 2. The molecule has 0 N–H and O–H groups in total. The van der Waals surface area contributed by atoms with Crippen LogP contribution in [0.3, 0.4) is 0 Å². The van der Waals surface area contributed by atoms with Crippen molar-refractivity contribution in [1.82, 2.24) is 9.78 Å². The molecule has 0 aliphatic heterocycles.